The third kappa shape index (κ3) is 3.26. The summed E-state index contributed by atoms with van der Waals surface area (Å²) >= 11 is 3.08. The molecule has 0 saturated heterocycles. The molecule has 1 aromatic carbocycles. The standard InChI is InChI=1S/C19H18N4O2S2/c1-11-12(2)26-18-17(11)19(25)23(10-20-18)9-16(24)22(3)8-15-21-13-6-4-5-7-14(13)27-15/h4-7,10H,8-9H2,1-3H3. The summed E-state index contributed by atoms with van der Waals surface area (Å²) in [6, 6.07) is 7.90. The van der Waals surface area contributed by atoms with Gasteiger partial charge in [0, 0.05) is 11.9 Å². The van der Waals surface area contributed by atoms with Crippen LogP contribution in [0.5, 0.6) is 0 Å². The van der Waals surface area contributed by atoms with Crippen molar-refractivity contribution in [2.24, 2.45) is 0 Å². The average molecular weight is 399 g/mol. The van der Waals surface area contributed by atoms with E-state index in [9.17, 15) is 9.59 Å². The molecule has 0 unspecified atom stereocenters. The van der Waals surface area contributed by atoms with E-state index < -0.39 is 0 Å². The molecule has 4 rings (SSSR count). The van der Waals surface area contributed by atoms with Gasteiger partial charge in [-0.15, -0.1) is 22.7 Å². The second-order valence-corrected chi connectivity index (χ2v) is 8.78. The van der Waals surface area contributed by atoms with Gasteiger partial charge < -0.3 is 4.90 Å². The van der Waals surface area contributed by atoms with E-state index >= 15 is 0 Å². The number of carbonyl (C=O) groups is 1. The highest BCUT2D eigenvalue weighted by Gasteiger charge is 2.16. The van der Waals surface area contributed by atoms with Gasteiger partial charge in [-0.1, -0.05) is 12.1 Å². The van der Waals surface area contributed by atoms with E-state index in [0.29, 0.717) is 11.9 Å². The number of carbonyl (C=O) groups excluding carboxylic acids is 1. The highest BCUT2D eigenvalue weighted by molar-refractivity contribution is 7.19. The van der Waals surface area contributed by atoms with Crippen molar-refractivity contribution < 1.29 is 4.79 Å². The number of hydrogen-bond acceptors (Lipinski definition) is 6. The molecule has 4 aromatic rings. The van der Waals surface area contributed by atoms with E-state index in [1.54, 1.807) is 23.3 Å². The topological polar surface area (TPSA) is 68.1 Å². The first-order chi connectivity index (χ1) is 12.9. The Balaban J connectivity index is 1.54. The number of aromatic nitrogens is 3. The van der Waals surface area contributed by atoms with E-state index in [2.05, 4.69) is 9.97 Å². The summed E-state index contributed by atoms with van der Waals surface area (Å²) in [6.07, 6.45) is 1.46. The van der Waals surface area contributed by atoms with Gasteiger partial charge in [-0.3, -0.25) is 14.2 Å². The van der Waals surface area contributed by atoms with Gasteiger partial charge in [0.1, 0.15) is 16.4 Å². The number of fused-ring (bicyclic) bond motifs is 2. The molecule has 0 saturated carbocycles. The molecule has 0 atom stereocenters. The van der Waals surface area contributed by atoms with E-state index in [4.69, 9.17) is 0 Å². The van der Waals surface area contributed by atoms with E-state index in [-0.39, 0.29) is 18.0 Å². The maximum Gasteiger partial charge on any atom is 0.262 e. The number of thiophene rings is 1. The van der Waals surface area contributed by atoms with Crippen molar-refractivity contribution in [3.63, 3.8) is 0 Å². The molecule has 0 bridgehead atoms. The van der Waals surface area contributed by atoms with Crippen LogP contribution in [0.3, 0.4) is 0 Å². The van der Waals surface area contributed by atoms with Crippen molar-refractivity contribution in [1.29, 1.82) is 0 Å². The molecule has 3 aromatic heterocycles. The Morgan fingerprint density at radius 3 is 2.78 bits per heavy atom. The van der Waals surface area contributed by atoms with Crippen LogP contribution < -0.4 is 5.56 Å². The molecule has 0 aliphatic carbocycles. The van der Waals surface area contributed by atoms with E-state index in [1.807, 2.05) is 38.1 Å². The average Bonchev–Trinajstić information content (AvgIpc) is 3.18. The van der Waals surface area contributed by atoms with E-state index in [1.165, 1.54) is 22.2 Å². The number of rotatable bonds is 4. The maximum absolute atomic E-state index is 12.7. The molecule has 27 heavy (non-hydrogen) atoms. The molecule has 3 heterocycles. The lowest BCUT2D eigenvalue weighted by atomic mass is 10.2. The highest BCUT2D eigenvalue weighted by Crippen LogP contribution is 2.25. The highest BCUT2D eigenvalue weighted by atomic mass is 32.1. The van der Waals surface area contributed by atoms with Crippen LogP contribution in [0.25, 0.3) is 20.4 Å². The Morgan fingerprint density at radius 2 is 2.00 bits per heavy atom. The van der Waals surface area contributed by atoms with Gasteiger partial charge in [-0.05, 0) is 31.5 Å². The summed E-state index contributed by atoms with van der Waals surface area (Å²) < 4.78 is 2.49. The second kappa shape index (κ2) is 6.86. The maximum atomic E-state index is 12.7. The zero-order valence-electron chi connectivity index (χ0n) is 15.2. The normalized spacial score (nSPS) is 11.4. The molecule has 138 valence electrons. The predicted octanol–water partition coefficient (Wildman–Crippen LogP) is 3.34. The van der Waals surface area contributed by atoms with Crippen LogP contribution in [-0.4, -0.2) is 32.4 Å². The van der Waals surface area contributed by atoms with Gasteiger partial charge in [-0.2, -0.15) is 0 Å². The molecule has 8 heteroatoms. The molecule has 6 nitrogen and oxygen atoms in total. The van der Waals surface area contributed by atoms with Crippen molar-refractivity contribution in [2.45, 2.75) is 26.9 Å². The summed E-state index contributed by atoms with van der Waals surface area (Å²) in [5, 5.41) is 1.49. The SMILES string of the molecule is Cc1sc2ncn(CC(=O)N(C)Cc3nc4ccccc4s3)c(=O)c2c1C. The van der Waals surface area contributed by atoms with Crippen LogP contribution in [0.4, 0.5) is 0 Å². The Kier molecular flexibility index (Phi) is 4.53. The fraction of sp³-hybridized carbons (Fsp3) is 0.263. The first-order valence-electron chi connectivity index (χ1n) is 8.47. The lowest BCUT2D eigenvalue weighted by Crippen LogP contribution is -2.33. The smallest absolute Gasteiger partial charge is 0.262 e. The fourth-order valence-corrected chi connectivity index (χ4v) is 4.94. The largest absolute Gasteiger partial charge is 0.337 e. The van der Waals surface area contributed by atoms with Gasteiger partial charge in [0.25, 0.3) is 5.56 Å². The summed E-state index contributed by atoms with van der Waals surface area (Å²) in [5.41, 5.74) is 1.72. The van der Waals surface area contributed by atoms with Gasteiger partial charge in [0.2, 0.25) is 5.91 Å². The lowest BCUT2D eigenvalue weighted by molar-refractivity contribution is -0.131. The number of aryl methyl sites for hydroxylation is 2. The quantitative estimate of drug-likeness (QED) is 0.529. The number of benzene rings is 1. The number of para-hydroxylation sites is 1. The van der Waals surface area contributed by atoms with Gasteiger partial charge in [0.05, 0.1) is 28.5 Å². The molecule has 0 spiro atoms. The fourth-order valence-electron chi connectivity index (χ4n) is 2.93. The van der Waals surface area contributed by atoms with Crippen LogP contribution in [0, 0.1) is 13.8 Å². The van der Waals surface area contributed by atoms with E-state index in [0.717, 1.165) is 30.5 Å². The number of thiazole rings is 1. The first kappa shape index (κ1) is 17.8. The minimum absolute atomic E-state index is 0.0303. The van der Waals surface area contributed by atoms with Crippen LogP contribution >= 0.6 is 22.7 Å². The van der Waals surface area contributed by atoms with Crippen molar-refractivity contribution in [1.82, 2.24) is 19.4 Å². The number of likely N-dealkylation sites (N-methyl/N-ethyl adjacent to an activating group) is 1. The van der Waals surface area contributed by atoms with Crippen LogP contribution in [0.15, 0.2) is 35.4 Å². The zero-order chi connectivity index (χ0) is 19.1. The molecular formula is C19H18N4O2S2. The van der Waals surface area contributed by atoms with Gasteiger partial charge in [0.15, 0.2) is 0 Å². The van der Waals surface area contributed by atoms with Crippen molar-refractivity contribution in [3.05, 3.63) is 56.4 Å². The monoisotopic (exact) mass is 398 g/mol. The second-order valence-electron chi connectivity index (χ2n) is 6.47. The molecule has 0 N–H and O–H groups in total. The van der Waals surface area contributed by atoms with Crippen molar-refractivity contribution >= 4 is 49.0 Å². The predicted molar refractivity (Wildman–Crippen MR) is 109 cm³/mol. The first-order valence-corrected chi connectivity index (χ1v) is 10.1. The molecule has 0 aliphatic rings. The summed E-state index contributed by atoms with van der Waals surface area (Å²) in [6.45, 7) is 4.28. The molecule has 0 aliphatic heterocycles. The zero-order valence-corrected chi connectivity index (χ0v) is 16.9. The molecule has 1 amide bonds. The third-order valence-corrected chi connectivity index (χ3v) is 6.73. The molecule has 0 fully saturated rings. The molecule has 0 radical (unpaired) electrons. The van der Waals surface area contributed by atoms with Crippen LogP contribution in [0.2, 0.25) is 0 Å². The van der Waals surface area contributed by atoms with Gasteiger partial charge in [-0.25, -0.2) is 9.97 Å². The summed E-state index contributed by atoms with van der Waals surface area (Å²) in [7, 11) is 1.73. The Hall–Kier alpha value is -2.58. The summed E-state index contributed by atoms with van der Waals surface area (Å²) in [5.74, 6) is -0.151. The minimum atomic E-state index is -0.163. The number of hydrogen-bond donors (Lipinski definition) is 0. The van der Waals surface area contributed by atoms with Crippen LogP contribution in [0.1, 0.15) is 15.4 Å². The Bertz CT molecular complexity index is 1190. The number of nitrogens with zero attached hydrogens (tertiary/aromatic N) is 4. The van der Waals surface area contributed by atoms with Crippen molar-refractivity contribution in [2.75, 3.05) is 7.05 Å². The Morgan fingerprint density at radius 1 is 1.22 bits per heavy atom. The van der Waals surface area contributed by atoms with Gasteiger partial charge >= 0.3 is 0 Å². The molecular weight excluding hydrogens is 380 g/mol. The Labute approximate surface area is 163 Å². The number of amides is 1. The minimum Gasteiger partial charge on any atom is -0.337 e. The lowest BCUT2D eigenvalue weighted by Gasteiger charge is -2.16. The van der Waals surface area contributed by atoms with Crippen molar-refractivity contribution in [3.8, 4) is 0 Å². The summed E-state index contributed by atoms with van der Waals surface area (Å²) in [4.78, 5) is 37.7. The van der Waals surface area contributed by atoms with Crippen LogP contribution in [-0.2, 0) is 17.9 Å². The third-order valence-electron chi connectivity index (χ3n) is 4.60.